The van der Waals surface area contributed by atoms with E-state index in [-0.39, 0.29) is 17.7 Å². The first-order chi connectivity index (χ1) is 7.56. The van der Waals surface area contributed by atoms with Crippen LogP contribution in [0.5, 0.6) is 0 Å². The molecule has 1 amide bonds. The minimum Gasteiger partial charge on any atom is -0.389 e. The minimum atomic E-state index is -0.609. The fraction of sp³-hybridized carbons (Fsp3) is 0.417. The molecule has 0 heterocycles. The highest BCUT2D eigenvalue weighted by Gasteiger charge is 2.14. The Morgan fingerprint density at radius 2 is 2.06 bits per heavy atom. The number of rotatable bonds is 4. The number of hydrogen-bond donors (Lipinski definition) is 2. The summed E-state index contributed by atoms with van der Waals surface area (Å²) in [5.74, 6) is -0.102. The van der Waals surface area contributed by atoms with Gasteiger partial charge in [-0.15, -0.1) is 11.6 Å². The van der Waals surface area contributed by atoms with E-state index in [0.717, 1.165) is 0 Å². The lowest BCUT2D eigenvalue weighted by Crippen LogP contribution is -2.22. The molecule has 0 bridgehead atoms. The van der Waals surface area contributed by atoms with Crippen LogP contribution in [-0.2, 0) is 4.79 Å². The molecule has 0 aliphatic rings. The van der Waals surface area contributed by atoms with Gasteiger partial charge in [-0.25, -0.2) is 0 Å². The van der Waals surface area contributed by atoms with Gasteiger partial charge in [-0.2, -0.15) is 0 Å². The van der Waals surface area contributed by atoms with Crippen molar-refractivity contribution in [2.75, 3.05) is 11.2 Å². The number of aliphatic hydroxyl groups excluding tert-OH is 1. The maximum absolute atomic E-state index is 11.6. The number of amides is 1. The molecule has 2 N–H and O–H groups in total. The lowest BCUT2D eigenvalue weighted by molar-refractivity contribution is -0.118. The molecule has 16 heavy (non-hydrogen) atoms. The van der Waals surface area contributed by atoms with Crippen LogP contribution in [0, 0.1) is 5.92 Å². The summed E-state index contributed by atoms with van der Waals surface area (Å²) in [6.45, 7) is 3.42. The van der Waals surface area contributed by atoms with E-state index in [9.17, 15) is 9.90 Å². The maximum Gasteiger partial charge on any atom is 0.228 e. The normalized spacial score (nSPS) is 14.2. The highest BCUT2D eigenvalue weighted by Crippen LogP contribution is 2.22. The zero-order valence-electron chi connectivity index (χ0n) is 9.40. The molecule has 0 aromatic heterocycles. The molecule has 0 aliphatic heterocycles. The number of anilines is 1. The number of hydrogen-bond acceptors (Lipinski definition) is 2. The predicted molar refractivity (Wildman–Crippen MR) is 65.6 cm³/mol. The second-order valence-electron chi connectivity index (χ2n) is 3.81. The summed E-state index contributed by atoms with van der Waals surface area (Å²) in [6, 6.07) is 7.18. The van der Waals surface area contributed by atoms with E-state index in [1.165, 1.54) is 0 Å². The molecule has 1 aromatic carbocycles. The number of carbonyl (C=O) groups is 1. The van der Waals surface area contributed by atoms with Crippen LogP contribution in [0.4, 0.5) is 5.69 Å². The van der Waals surface area contributed by atoms with Crippen LogP contribution in [0.1, 0.15) is 25.5 Å². The molecule has 1 rings (SSSR count). The van der Waals surface area contributed by atoms with Crippen LogP contribution in [-0.4, -0.2) is 16.9 Å². The van der Waals surface area contributed by atoms with E-state index >= 15 is 0 Å². The van der Waals surface area contributed by atoms with Gasteiger partial charge in [0.2, 0.25) is 5.91 Å². The second-order valence-corrected chi connectivity index (χ2v) is 4.12. The summed E-state index contributed by atoms with van der Waals surface area (Å²) in [5.41, 5.74) is 1.34. The van der Waals surface area contributed by atoms with Crippen molar-refractivity contribution in [3.8, 4) is 0 Å². The second kappa shape index (κ2) is 5.87. The van der Waals surface area contributed by atoms with Gasteiger partial charge in [0.1, 0.15) is 0 Å². The third-order valence-corrected chi connectivity index (χ3v) is 2.81. The van der Waals surface area contributed by atoms with Crippen molar-refractivity contribution < 1.29 is 9.90 Å². The Balaban J connectivity index is 2.84. The number of aliphatic hydroxyl groups is 1. The summed E-state index contributed by atoms with van der Waals surface area (Å²) in [5, 5.41) is 12.3. The van der Waals surface area contributed by atoms with Crippen molar-refractivity contribution >= 4 is 23.2 Å². The van der Waals surface area contributed by atoms with E-state index in [1.54, 1.807) is 26.0 Å². The van der Waals surface area contributed by atoms with Gasteiger partial charge >= 0.3 is 0 Å². The Kier molecular flexibility index (Phi) is 4.77. The highest BCUT2D eigenvalue weighted by atomic mass is 35.5. The molecule has 2 atom stereocenters. The van der Waals surface area contributed by atoms with Crippen molar-refractivity contribution in [1.82, 2.24) is 0 Å². The lowest BCUT2D eigenvalue weighted by atomic mass is 10.1. The van der Waals surface area contributed by atoms with Gasteiger partial charge in [-0.1, -0.05) is 25.1 Å². The van der Waals surface area contributed by atoms with Crippen LogP contribution in [0.3, 0.4) is 0 Å². The van der Waals surface area contributed by atoms with E-state index in [4.69, 9.17) is 11.6 Å². The summed E-state index contributed by atoms with van der Waals surface area (Å²) >= 11 is 5.61. The monoisotopic (exact) mass is 241 g/mol. The standard InChI is InChI=1S/C12H16ClNO2/c1-8(7-13)12(16)14-11-6-4-3-5-10(11)9(2)15/h3-6,8-9,15H,7H2,1-2H3,(H,14,16). The molecular weight excluding hydrogens is 226 g/mol. The zero-order valence-corrected chi connectivity index (χ0v) is 10.2. The Morgan fingerprint density at radius 1 is 1.44 bits per heavy atom. The number of alkyl halides is 1. The number of carbonyl (C=O) groups excluding carboxylic acids is 1. The van der Waals surface area contributed by atoms with E-state index in [1.807, 2.05) is 12.1 Å². The van der Waals surface area contributed by atoms with Gasteiger partial charge in [0, 0.05) is 23.0 Å². The molecule has 0 aliphatic carbocycles. The number of para-hydroxylation sites is 1. The van der Waals surface area contributed by atoms with Crippen LogP contribution in [0.25, 0.3) is 0 Å². The fourth-order valence-electron chi connectivity index (χ4n) is 1.30. The molecule has 0 spiro atoms. The Labute approximate surface area is 100 Å². The molecular formula is C12H16ClNO2. The Hall–Kier alpha value is -1.06. The molecule has 0 fully saturated rings. The van der Waals surface area contributed by atoms with Crippen molar-refractivity contribution in [3.63, 3.8) is 0 Å². The first kappa shape index (κ1) is 13.0. The maximum atomic E-state index is 11.6. The fourth-order valence-corrected chi connectivity index (χ4v) is 1.44. The summed E-state index contributed by atoms with van der Waals surface area (Å²) < 4.78 is 0. The van der Waals surface area contributed by atoms with Gasteiger partial charge < -0.3 is 10.4 Å². The molecule has 1 aromatic rings. The first-order valence-electron chi connectivity index (χ1n) is 5.20. The van der Waals surface area contributed by atoms with E-state index in [2.05, 4.69) is 5.32 Å². The van der Waals surface area contributed by atoms with Crippen molar-refractivity contribution in [2.24, 2.45) is 5.92 Å². The third kappa shape index (κ3) is 3.22. The topological polar surface area (TPSA) is 49.3 Å². The molecule has 3 nitrogen and oxygen atoms in total. The van der Waals surface area contributed by atoms with E-state index in [0.29, 0.717) is 11.3 Å². The predicted octanol–water partition coefficient (Wildman–Crippen LogP) is 2.55. The number of halogens is 1. The number of benzene rings is 1. The quantitative estimate of drug-likeness (QED) is 0.796. The Bertz CT molecular complexity index is 366. The van der Waals surface area contributed by atoms with Gasteiger partial charge in [0.05, 0.1) is 6.10 Å². The molecule has 0 saturated heterocycles. The van der Waals surface area contributed by atoms with Gasteiger partial charge in [0.15, 0.2) is 0 Å². The summed E-state index contributed by atoms with van der Waals surface area (Å²) in [7, 11) is 0. The van der Waals surface area contributed by atoms with Gasteiger partial charge in [-0.3, -0.25) is 4.79 Å². The first-order valence-corrected chi connectivity index (χ1v) is 5.73. The van der Waals surface area contributed by atoms with Crippen LogP contribution < -0.4 is 5.32 Å². The molecule has 88 valence electrons. The van der Waals surface area contributed by atoms with Crippen LogP contribution in [0.15, 0.2) is 24.3 Å². The summed E-state index contributed by atoms with van der Waals surface area (Å²) in [6.07, 6.45) is -0.609. The number of nitrogens with one attached hydrogen (secondary N) is 1. The van der Waals surface area contributed by atoms with Crippen LogP contribution in [0.2, 0.25) is 0 Å². The molecule has 4 heteroatoms. The van der Waals surface area contributed by atoms with Crippen molar-refractivity contribution in [2.45, 2.75) is 20.0 Å². The minimum absolute atomic E-state index is 0.136. The van der Waals surface area contributed by atoms with E-state index < -0.39 is 6.10 Å². The molecule has 0 radical (unpaired) electrons. The van der Waals surface area contributed by atoms with Gasteiger partial charge in [0.25, 0.3) is 0 Å². The van der Waals surface area contributed by atoms with Crippen LogP contribution >= 0.6 is 11.6 Å². The van der Waals surface area contributed by atoms with Gasteiger partial charge in [-0.05, 0) is 13.0 Å². The lowest BCUT2D eigenvalue weighted by Gasteiger charge is -2.14. The average Bonchev–Trinajstić information content (AvgIpc) is 2.28. The zero-order chi connectivity index (χ0) is 12.1. The molecule has 2 unspecified atom stereocenters. The smallest absolute Gasteiger partial charge is 0.228 e. The Morgan fingerprint density at radius 3 is 2.62 bits per heavy atom. The largest absolute Gasteiger partial charge is 0.389 e. The van der Waals surface area contributed by atoms with Crippen molar-refractivity contribution in [1.29, 1.82) is 0 Å². The average molecular weight is 242 g/mol. The van der Waals surface area contributed by atoms with Crippen molar-refractivity contribution in [3.05, 3.63) is 29.8 Å². The SMILES string of the molecule is CC(CCl)C(=O)Nc1ccccc1C(C)O. The molecule has 0 saturated carbocycles. The summed E-state index contributed by atoms with van der Waals surface area (Å²) in [4.78, 5) is 11.6. The third-order valence-electron chi connectivity index (χ3n) is 2.35. The highest BCUT2D eigenvalue weighted by molar-refractivity contribution is 6.19.